The molecule has 1 N–H and O–H groups in total. The molecule has 1 amide bonds. The third kappa shape index (κ3) is 3.71. The Morgan fingerprint density at radius 1 is 1.44 bits per heavy atom. The van der Waals surface area contributed by atoms with Crippen molar-refractivity contribution in [3.63, 3.8) is 0 Å². The van der Waals surface area contributed by atoms with Gasteiger partial charge < -0.3 is 10.2 Å². The number of carbonyl (C=O) groups is 1. The molecule has 0 saturated heterocycles. The van der Waals surface area contributed by atoms with E-state index in [4.69, 9.17) is 5.26 Å². The molecule has 84 valence electrons. The molecule has 0 bridgehead atoms. The van der Waals surface area contributed by atoms with Gasteiger partial charge in [0.05, 0.1) is 6.07 Å². The van der Waals surface area contributed by atoms with Gasteiger partial charge in [0.1, 0.15) is 6.42 Å². The Bertz CT molecular complexity index is 407. The fourth-order valence-corrected chi connectivity index (χ4v) is 1.39. The minimum absolute atomic E-state index is 0.115. The van der Waals surface area contributed by atoms with Crippen LogP contribution in [0.2, 0.25) is 0 Å². The van der Waals surface area contributed by atoms with E-state index in [9.17, 15) is 4.79 Å². The number of benzene rings is 1. The molecule has 0 aromatic heterocycles. The Balaban J connectivity index is 2.79. The highest BCUT2D eigenvalue weighted by Gasteiger charge is 2.06. The second kappa shape index (κ2) is 5.89. The maximum atomic E-state index is 11.3. The molecule has 0 unspecified atom stereocenters. The summed E-state index contributed by atoms with van der Waals surface area (Å²) in [7, 11) is 3.93. The maximum Gasteiger partial charge on any atom is 0.238 e. The molecule has 0 atom stereocenters. The highest BCUT2D eigenvalue weighted by molar-refractivity contribution is 5.92. The zero-order chi connectivity index (χ0) is 12.0. The van der Waals surface area contributed by atoms with Crippen molar-refractivity contribution in [1.82, 2.24) is 4.90 Å². The predicted octanol–water partition coefficient (Wildman–Crippen LogP) is 1.60. The lowest BCUT2D eigenvalue weighted by Gasteiger charge is -2.14. The predicted molar refractivity (Wildman–Crippen MR) is 62.7 cm³/mol. The van der Waals surface area contributed by atoms with E-state index >= 15 is 0 Å². The van der Waals surface area contributed by atoms with Crippen LogP contribution in [0.1, 0.15) is 12.0 Å². The summed E-state index contributed by atoms with van der Waals surface area (Å²) >= 11 is 0. The van der Waals surface area contributed by atoms with Crippen LogP contribution in [0.25, 0.3) is 0 Å². The van der Waals surface area contributed by atoms with Crippen molar-refractivity contribution in [3.05, 3.63) is 29.8 Å². The number of nitrogens with one attached hydrogen (secondary N) is 1. The summed E-state index contributed by atoms with van der Waals surface area (Å²) in [5, 5.41) is 11.1. The molecule has 0 aliphatic rings. The third-order valence-electron chi connectivity index (χ3n) is 2.02. The maximum absolute atomic E-state index is 11.3. The first kappa shape index (κ1) is 12.2. The molecule has 0 radical (unpaired) electrons. The minimum atomic E-state index is -0.270. The van der Waals surface area contributed by atoms with Gasteiger partial charge in [0.2, 0.25) is 5.91 Å². The van der Waals surface area contributed by atoms with Gasteiger partial charge in [-0.25, -0.2) is 0 Å². The van der Waals surface area contributed by atoms with Crippen LogP contribution in [-0.4, -0.2) is 24.9 Å². The molecule has 1 aromatic rings. The van der Waals surface area contributed by atoms with Crippen molar-refractivity contribution < 1.29 is 4.79 Å². The standard InChI is InChI=1S/C12H15N3O/c1-15(2)9-10-5-3-4-6-11(10)14-12(16)7-8-13/h3-6H,7,9H2,1-2H3,(H,14,16). The molecule has 0 saturated carbocycles. The van der Waals surface area contributed by atoms with Crippen molar-refractivity contribution in [2.45, 2.75) is 13.0 Å². The lowest BCUT2D eigenvalue weighted by molar-refractivity contribution is -0.115. The molecule has 0 fully saturated rings. The van der Waals surface area contributed by atoms with Crippen LogP contribution in [-0.2, 0) is 11.3 Å². The van der Waals surface area contributed by atoms with Crippen LogP contribution in [0.3, 0.4) is 0 Å². The lowest BCUT2D eigenvalue weighted by atomic mass is 10.1. The van der Waals surface area contributed by atoms with E-state index in [1.165, 1.54) is 0 Å². The number of rotatable bonds is 4. The van der Waals surface area contributed by atoms with Gasteiger partial charge in [-0.05, 0) is 25.7 Å². The van der Waals surface area contributed by atoms with Gasteiger partial charge in [-0.3, -0.25) is 4.79 Å². The molecular weight excluding hydrogens is 202 g/mol. The van der Waals surface area contributed by atoms with E-state index in [1.54, 1.807) is 0 Å². The first-order chi connectivity index (χ1) is 7.63. The van der Waals surface area contributed by atoms with Crippen LogP contribution < -0.4 is 5.32 Å². The number of nitrogens with zero attached hydrogens (tertiary/aromatic N) is 2. The number of carbonyl (C=O) groups excluding carboxylic acids is 1. The van der Waals surface area contributed by atoms with E-state index < -0.39 is 0 Å². The molecule has 0 heterocycles. The van der Waals surface area contributed by atoms with Crippen LogP contribution in [0.15, 0.2) is 24.3 Å². The zero-order valence-corrected chi connectivity index (χ0v) is 9.53. The number of amides is 1. The average Bonchev–Trinajstić information content (AvgIpc) is 2.20. The Kier molecular flexibility index (Phi) is 4.49. The largest absolute Gasteiger partial charge is 0.325 e. The molecule has 4 heteroatoms. The Morgan fingerprint density at radius 3 is 2.75 bits per heavy atom. The summed E-state index contributed by atoms with van der Waals surface area (Å²) in [4.78, 5) is 13.3. The van der Waals surface area contributed by atoms with Crippen LogP contribution >= 0.6 is 0 Å². The van der Waals surface area contributed by atoms with Crippen LogP contribution in [0.4, 0.5) is 5.69 Å². The lowest BCUT2D eigenvalue weighted by Crippen LogP contribution is -2.15. The summed E-state index contributed by atoms with van der Waals surface area (Å²) in [5.41, 5.74) is 1.82. The Morgan fingerprint density at radius 2 is 2.12 bits per heavy atom. The van der Waals surface area contributed by atoms with Crippen molar-refractivity contribution in [3.8, 4) is 6.07 Å². The first-order valence-electron chi connectivity index (χ1n) is 5.03. The van der Waals surface area contributed by atoms with E-state index in [1.807, 2.05) is 49.3 Å². The van der Waals surface area contributed by atoms with Crippen molar-refractivity contribution >= 4 is 11.6 Å². The molecule has 0 aliphatic carbocycles. The van der Waals surface area contributed by atoms with Crippen molar-refractivity contribution in [1.29, 1.82) is 5.26 Å². The highest BCUT2D eigenvalue weighted by atomic mass is 16.1. The summed E-state index contributed by atoms with van der Waals surface area (Å²) in [6.45, 7) is 0.753. The van der Waals surface area contributed by atoms with Crippen molar-refractivity contribution in [2.75, 3.05) is 19.4 Å². The fourth-order valence-electron chi connectivity index (χ4n) is 1.39. The van der Waals surface area contributed by atoms with Gasteiger partial charge in [0.25, 0.3) is 0 Å². The third-order valence-corrected chi connectivity index (χ3v) is 2.02. The Labute approximate surface area is 95.5 Å². The monoisotopic (exact) mass is 217 g/mol. The van der Waals surface area contributed by atoms with E-state index in [0.717, 1.165) is 17.8 Å². The van der Waals surface area contributed by atoms with Crippen molar-refractivity contribution in [2.24, 2.45) is 0 Å². The number of nitriles is 1. The molecular formula is C12H15N3O. The van der Waals surface area contributed by atoms with Gasteiger partial charge in [0, 0.05) is 12.2 Å². The Hall–Kier alpha value is -1.86. The van der Waals surface area contributed by atoms with Crippen LogP contribution in [0.5, 0.6) is 0 Å². The van der Waals surface area contributed by atoms with E-state index in [0.29, 0.717) is 0 Å². The average molecular weight is 217 g/mol. The number of para-hydroxylation sites is 1. The quantitative estimate of drug-likeness (QED) is 0.833. The molecule has 1 rings (SSSR count). The molecule has 0 aliphatic heterocycles. The highest BCUT2D eigenvalue weighted by Crippen LogP contribution is 2.16. The summed E-state index contributed by atoms with van der Waals surface area (Å²) in [6.07, 6.45) is -0.115. The normalized spacial score (nSPS) is 9.88. The fraction of sp³-hybridized carbons (Fsp3) is 0.333. The SMILES string of the molecule is CN(C)Cc1ccccc1NC(=O)CC#N. The molecule has 0 spiro atoms. The van der Waals surface area contributed by atoms with E-state index in [2.05, 4.69) is 5.32 Å². The van der Waals surface area contributed by atoms with Gasteiger partial charge >= 0.3 is 0 Å². The number of hydrogen-bond acceptors (Lipinski definition) is 3. The van der Waals surface area contributed by atoms with Gasteiger partial charge in [-0.2, -0.15) is 5.26 Å². The van der Waals surface area contributed by atoms with Crippen LogP contribution in [0, 0.1) is 11.3 Å². The molecule has 4 nitrogen and oxygen atoms in total. The van der Waals surface area contributed by atoms with Gasteiger partial charge in [-0.1, -0.05) is 18.2 Å². The topological polar surface area (TPSA) is 56.1 Å². The van der Waals surface area contributed by atoms with E-state index in [-0.39, 0.29) is 12.3 Å². The second-order valence-electron chi connectivity index (χ2n) is 3.78. The zero-order valence-electron chi connectivity index (χ0n) is 9.53. The smallest absolute Gasteiger partial charge is 0.238 e. The minimum Gasteiger partial charge on any atom is -0.325 e. The van der Waals surface area contributed by atoms with Gasteiger partial charge in [0.15, 0.2) is 0 Å². The summed E-state index contributed by atoms with van der Waals surface area (Å²) in [6, 6.07) is 9.42. The molecule has 16 heavy (non-hydrogen) atoms. The van der Waals surface area contributed by atoms with Gasteiger partial charge in [-0.15, -0.1) is 0 Å². The second-order valence-corrected chi connectivity index (χ2v) is 3.78. The number of hydrogen-bond donors (Lipinski definition) is 1. The molecule has 1 aromatic carbocycles. The number of anilines is 1. The summed E-state index contributed by atoms with van der Waals surface area (Å²) in [5.74, 6) is -0.270. The first-order valence-corrected chi connectivity index (χ1v) is 5.03. The summed E-state index contributed by atoms with van der Waals surface area (Å²) < 4.78 is 0.